The van der Waals surface area contributed by atoms with Crippen molar-refractivity contribution in [1.29, 1.82) is 0 Å². The van der Waals surface area contributed by atoms with Gasteiger partial charge >= 0.3 is 0 Å². The van der Waals surface area contributed by atoms with Crippen LogP contribution >= 0.6 is 0 Å². The van der Waals surface area contributed by atoms with Crippen molar-refractivity contribution in [1.82, 2.24) is 4.90 Å². The largest absolute Gasteiger partial charge is 0.503 e. The zero-order valence-corrected chi connectivity index (χ0v) is 18.6. The molecule has 170 valence electrons. The summed E-state index contributed by atoms with van der Waals surface area (Å²) < 4.78 is 5.66. The van der Waals surface area contributed by atoms with Crippen LogP contribution in [-0.4, -0.2) is 28.3 Å². The zero-order valence-electron chi connectivity index (χ0n) is 18.6. The smallest absolute Gasteiger partial charge is 0.290 e. The Balaban J connectivity index is 1.73. The summed E-state index contributed by atoms with van der Waals surface area (Å²) in [4.78, 5) is 27.9. The monoisotopic (exact) mass is 451 g/mol. The first-order chi connectivity index (χ1) is 16.6. The molecule has 1 amide bonds. The van der Waals surface area contributed by atoms with Crippen molar-refractivity contribution in [3.63, 3.8) is 0 Å². The molecule has 1 aliphatic heterocycles. The average Bonchev–Trinajstić information content (AvgIpc) is 3.12. The summed E-state index contributed by atoms with van der Waals surface area (Å²) in [7, 11) is 0. The summed E-state index contributed by atoms with van der Waals surface area (Å²) in [6, 6.07) is 25.3. The quantitative estimate of drug-likeness (QED) is 0.348. The van der Waals surface area contributed by atoms with Crippen molar-refractivity contribution in [3.8, 4) is 5.75 Å². The Hall–Kier alpha value is -4.38. The molecular weight excluding hydrogens is 426 g/mol. The molecule has 3 aromatic rings. The fourth-order valence-corrected chi connectivity index (χ4v) is 3.95. The van der Waals surface area contributed by atoms with Gasteiger partial charge in [0.25, 0.3) is 5.91 Å². The second-order valence-corrected chi connectivity index (χ2v) is 7.86. The lowest BCUT2D eigenvalue weighted by molar-refractivity contribution is -0.130. The van der Waals surface area contributed by atoms with Gasteiger partial charge in [-0.15, -0.1) is 0 Å². The molecule has 1 unspecified atom stereocenters. The normalized spacial score (nSPS) is 15.7. The van der Waals surface area contributed by atoms with Crippen LogP contribution in [0.1, 0.15) is 22.7 Å². The number of hydrogen-bond donors (Lipinski definition) is 1. The fraction of sp³-hybridized carbons (Fsp3) is 0.103. The Morgan fingerprint density at radius 1 is 1.00 bits per heavy atom. The Morgan fingerprint density at radius 2 is 1.71 bits per heavy atom. The van der Waals surface area contributed by atoms with Crippen molar-refractivity contribution in [2.24, 2.45) is 0 Å². The molecule has 1 atom stereocenters. The molecule has 0 radical (unpaired) electrons. The van der Waals surface area contributed by atoms with Crippen molar-refractivity contribution < 1.29 is 19.4 Å². The van der Waals surface area contributed by atoms with Gasteiger partial charge in [0.15, 0.2) is 11.5 Å². The number of rotatable bonds is 9. The highest BCUT2D eigenvalue weighted by Crippen LogP contribution is 2.40. The first-order valence-electron chi connectivity index (χ1n) is 11.0. The second-order valence-electron chi connectivity index (χ2n) is 7.86. The van der Waals surface area contributed by atoms with Gasteiger partial charge in [0.05, 0.1) is 11.6 Å². The van der Waals surface area contributed by atoms with E-state index in [-0.39, 0.29) is 12.1 Å². The maximum Gasteiger partial charge on any atom is 0.290 e. The van der Waals surface area contributed by atoms with Gasteiger partial charge in [-0.1, -0.05) is 91.5 Å². The minimum absolute atomic E-state index is 0.0500. The number of aliphatic hydroxyl groups excluding tert-OH is 1. The Bertz CT molecular complexity index is 1250. The maximum atomic E-state index is 13.3. The molecule has 0 spiro atoms. The van der Waals surface area contributed by atoms with E-state index in [1.165, 1.54) is 11.0 Å². The van der Waals surface area contributed by atoms with Gasteiger partial charge in [-0.05, 0) is 34.9 Å². The highest BCUT2D eigenvalue weighted by atomic mass is 16.5. The molecule has 5 nitrogen and oxygen atoms in total. The van der Waals surface area contributed by atoms with Crippen molar-refractivity contribution in [3.05, 3.63) is 132 Å². The minimum Gasteiger partial charge on any atom is -0.503 e. The molecule has 5 heteroatoms. The number of hydrogen-bond acceptors (Lipinski definition) is 4. The predicted octanol–water partition coefficient (Wildman–Crippen LogP) is 5.43. The summed E-state index contributed by atoms with van der Waals surface area (Å²) >= 11 is 0. The molecule has 3 aromatic carbocycles. The van der Waals surface area contributed by atoms with Crippen molar-refractivity contribution >= 4 is 17.8 Å². The molecule has 1 aliphatic rings. The number of carbonyl (C=O) groups is 2. The van der Waals surface area contributed by atoms with Crippen LogP contribution in [0.5, 0.6) is 5.75 Å². The fourth-order valence-electron chi connectivity index (χ4n) is 3.95. The summed E-state index contributed by atoms with van der Waals surface area (Å²) in [5, 5.41) is 10.8. The standard InChI is InChI=1S/C29H25NO4/c1-2-18-34-24-15-9-14-23(19-24)27-26(25(31)17-16-21-10-5-3-6-11-21)28(32)29(33)30(27)20-22-12-7-4-8-13-22/h2-17,19,27,32H,1,18,20H2/b17-16+. The molecule has 0 saturated carbocycles. The molecule has 1 N–H and O–H groups in total. The predicted molar refractivity (Wildman–Crippen MR) is 132 cm³/mol. The van der Waals surface area contributed by atoms with E-state index in [1.807, 2.05) is 66.7 Å². The molecule has 0 saturated heterocycles. The number of carbonyl (C=O) groups excluding carboxylic acids is 2. The SMILES string of the molecule is C=CCOc1cccc(C2C(C(=O)/C=C/c3ccccc3)=C(O)C(=O)N2Cc2ccccc2)c1. The van der Waals surface area contributed by atoms with Gasteiger partial charge in [0.2, 0.25) is 0 Å². The lowest BCUT2D eigenvalue weighted by atomic mass is 9.95. The topological polar surface area (TPSA) is 66.8 Å². The minimum atomic E-state index is -0.757. The lowest BCUT2D eigenvalue weighted by Crippen LogP contribution is -2.30. The Kier molecular flexibility index (Phi) is 7.04. The van der Waals surface area contributed by atoms with Gasteiger partial charge < -0.3 is 14.7 Å². The molecule has 0 aromatic heterocycles. The third-order valence-electron chi connectivity index (χ3n) is 5.53. The highest BCUT2D eigenvalue weighted by molar-refractivity contribution is 6.14. The first-order valence-corrected chi connectivity index (χ1v) is 11.0. The third kappa shape index (κ3) is 4.99. The number of ether oxygens (including phenoxy) is 1. The Morgan fingerprint density at radius 3 is 2.41 bits per heavy atom. The van der Waals surface area contributed by atoms with E-state index in [1.54, 1.807) is 30.4 Å². The van der Waals surface area contributed by atoms with Crippen molar-refractivity contribution in [2.45, 2.75) is 12.6 Å². The van der Waals surface area contributed by atoms with Crippen LogP contribution in [0.3, 0.4) is 0 Å². The maximum absolute atomic E-state index is 13.3. The number of aliphatic hydroxyl groups is 1. The summed E-state index contributed by atoms with van der Waals surface area (Å²) in [6.45, 7) is 4.23. The van der Waals surface area contributed by atoms with Crippen LogP contribution in [0.15, 0.2) is 115 Å². The number of benzene rings is 3. The van der Waals surface area contributed by atoms with E-state index >= 15 is 0 Å². The first kappa shape index (κ1) is 22.8. The van der Waals surface area contributed by atoms with Crippen LogP contribution in [0.2, 0.25) is 0 Å². The van der Waals surface area contributed by atoms with Crippen LogP contribution < -0.4 is 4.74 Å². The number of allylic oxidation sites excluding steroid dienone is 1. The van der Waals surface area contributed by atoms with Gasteiger partial charge in [0, 0.05) is 6.54 Å². The Labute approximate surface area is 198 Å². The zero-order chi connectivity index (χ0) is 23.9. The molecule has 34 heavy (non-hydrogen) atoms. The van der Waals surface area contributed by atoms with E-state index in [0.29, 0.717) is 17.9 Å². The van der Waals surface area contributed by atoms with Crippen molar-refractivity contribution in [2.75, 3.05) is 6.61 Å². The third-order valence-corrected chi connectivity index (χ3v) is 5.53. The van der Waals surface area contributed by atoms with E-state index in [9.17, 15) is 14.7 Å². The van der Waals surface area contributed by atoms with Crippen LogP contribution in [0.4, 0.5) is 0 Å². The van der Waals surface area contributed by atoms with Crippen LogP contribution in [0, 0.1) is 0 Å². The summed E-state index contributed by atoms with van der Waals surface area (Å²) in [5.41, 5.74) is 2.46. The molecular formula is C29H25NO4. The van der Waals surface area contributed by atoms with Gasteiger partial charge in [0.1, 0.15) is 12.4 Å². The lowest BCUT2D eigenvalue weighted by Gasteiger charge is -2.27. The van der Waals surface area contributed by atoms with E-state index in [4.69, 9.17) is 4.74 Å². The number of amides is 1. The van der Waals surface area contributed by atoms with E-state index < -0.39 is 23.5 Å². The van der Waals surface area contributed by atoms with Gasteiger partial charge in [-0.3, -0.25) is 9.59 Å². The number of nitrogens with zero attached hydrogens (tertiary/aromatic N) is 1. The summed E-state index contributed by atoms with van der Waals surface area (Å²) in [5.74, 6) is -0.945. The van der Waals surface area contributed by atoms with E-state index in [0.717, 1.165) is 11.1 Å². The van der Waals surface area contributed by atoms with Crippen LogP contribution in [0.25, 0.3) is 6.08 Å². The van der Waals surface area contributed by atoms with Crippen LogP contribution in [-0.2, 0) is 16.1 Å². The molecule has 0 fully saturated rings. The summed E-state index contributed by atoms with van der Waals surface area (Å²) in [6.07, 6.45) is 4.71. The van der Waals surface area contributed by atoms with E-state index in [2.05, 4.69) is 6.58 Å². The second kappa shape index (κ2) is 10.5. The molecule has 0 bridgehead atoms. The average molecular weight is 452 g/mol. The highest BCUT2D eigenvalue weighted by Gasteiger charge is 2.43. The van der Waals surface area contributed by atoms with Gasteiger partial charge in [-0.25, -0.2) is 0 Å². The molecule has 4 rings (SSSR count). The van der Waals surface area contributed by atoms with Gasteiger partial charge in [-0.2, -0.15) is 0 Å². The number of ketones is 1. The molecule has 0 aliphatic carbocycles. The molecule has 1 heterocycles.